The minimum atomic E-state index is -1.85. The van der Waals surface area contributed by atoms with Crippen LogP contribution in [0, 0.1) is 40.6 Å². The molecule has 4 heterocycles. The number of primary amides is 1. The van der Waals surface area contributed by atoms with Crippen molar-refractivity contribution in [2.24, 2.45) is 28.9 Å². The number of likely N-dealkylation sites (N-methyl/N-ethyl adjacent to an activating group) is 3. The molecular weight excluding hydrogens is 1800 g/mol. The summed E-state index contributed by atoms with van der Waals surface area (Å²) in [5.41, 5.74) is 6.87. The quantitative estimate of drug-likeness (QED) is 0.0292. The molecule has 12 N–H and O–H groups in total. The number of aromatic hydroxyl groups is 2. The minimum absolute atomic E-state index is 0.0174. The van der Waals surface area contributed by atoms with E-state index in [1.807, 2.05) is 6.92 Å². The highest BCUT2D eigenvalue weighted by Crippen LogP contribution is 2.36. The number of fused-ring (bicyclic) bond motifs is 3. The summed E-state index contributed by atoms with van der Waals surface area (Å²) in [6.45, 7) is 9.25. The number of para-hydroxylation sites is 1. The van der Waals surface area contributed by atoms with Gasteiger partial charge < -0.3 is 87.2 Å². The summed E-state index contributed by atoms with van der Waals surface area (Å²) in [5, 5.41) is 48.6. The standard InChI is InChI=1S/C101H124F3N13O20S/c1-10-11-27-80-100(136)116-39-20-28-79(116)86(122)51-64(52-89(125)126)85(121)53-69(101(4,5)6)96(132)114(8)81(48-59-21-14-12-15-22-59)94(130)111-77(46-62-31-35-67(119)36-32-62)98(134)117-40-41-137-55-83(117)95(131)110-75(50-65-54-106-72-26-19-18-25-68(65)72)93(129)109-74(45-61-29-33-66(118)34-30-61)92(128)108-73(42-58(2)3)91(127)112-78(84(120)37-38-87(105)123)56-138-57-88(124)107-76(47-63-43-70(102)90(104)71(103)44-63)97(133)115(9)82(99(135)113(80)7)49-60-23-16-13-17-24-60/h12-19,21-26,29-36,43-44,54,58,64,69,73-83,106,118-119H,10-11,20,27-28,37-42,45-53,55-57H2,1-9H3,(H2,105,123)(H,107,124)(H,108,128)(H,109,129)(H,110,131)(H,111,130)(H,112,127)(H,125,126)/t64-,69+,73-,74-,75-,76-,77-,78-,79+,80-,81-,82-,83+/m0/s1. The predicted molar refractivity (Wildman–Crippen MR) is 506 cm³/mol. The number of carboxylic acid groups (broad SMARTS) is 1. The van der Waals surface area contributed by atoms with Gasteiger partial charge in [0.1, 0.15) is 71.7 Å². The molecule has 0 spiro atoms. The lowest BCUT2D eigenvalue weighted by Crippen LogP contribution is -2.64. The van der Waals surface area contributed by atoms with Gasteiger partial charge in [-0.25, -0.2) is 13.2 Å². The Labute approximate surface area is 803 Å². The first-order valence-electron chi connectivity index (χ1n) is 46.4. The number of phenolic OH excluding ortho intramolecular Hbond substituents is 2. The number of halogens is 3. The molecule has 138 heavy (non-hydrogen) atoms. The maximum Gasteiger partial charge on any atom is 0.304 e. The van der Waals surface area contributed by atoms with Gasteiger partial charge in [-0.3, -0.25) is 76.7 Å². The van der Waals surface area contributed by atoms with E-state index in [0.29, 0.717) is 63.7 Å². The van der Waals surface area contributed by atoms with E-state index in [-0.39, 0.29) is 94.5 Å². The Morgan fingerprint density at radius 3 is 1.65 bits per heavy atom. The van der Waals surface area contributed by atoms with Gasteiger partial charge >= 0.3 is 5.97 Å². The highest BCUT2D eigenvalue weighted by molar-refractivity contribution is 8.00. The first-order chi connectivity index (χ1) is 65.6. The number of carbonyl (C=O) groups excluding carboxylic acids is 15. The van der Waals surface area contributed by atoms with Crippen LogP contribution in [-0.4, -0.2) is 264 Å². The van der Waals surface area contributed by atoms with Gasteiger partial charge in [-0.2, -0.15) is 0 Å². The fourth-order valence-electron chi connectivity index (χ4n) is 17.6. The Hall–Kier alpha value is -13.3. The molecule has 0 unspecified atom stereocenters. The molecule has 3 fully saturated rings. The molecule has 0 saturated carbocycles. The third-order valence-corrected chi connectivity index (χ3v) is 26.5. The van der Waals surface area contributed by atoms with Crippen molar-refractivity contribution in [2.45, 2.75) is 217 Å². The number of Topliss-reactive ketones (excluding diaryl/α,β-unsaturated/α-hetero) is 3. The Balaban J connectivity index is 1.07. The normalized spacial score (nSPS) is 23.5. The summed E-state index contributed by atoms with van der Waals surface area (Å²) < 4.78 is 51.2. The molecule has 0 radical (unpaired) electrons. The maximum atomic E-state index is 15.9. The number of aromatic amines is 1. The zero-order valence-electron chi connectivity index (χ0n) is 78.9. The van der Waals surface area contributed by atoms with Crippen molar-refractivity contribution >= 4 is 117 Å². The number of nitrogens with one attached hydrogen (secondary N) is 7. The highest BCUT2D eigenvalue weighted by atomic mass is 32.2. The number of ketones is 3. The lowest BCUT2D eigenvalue weighted by Gasteiger charge is -2.39. The molecule has 6 aromatic carbocycles. The Morgan fingerprint density at radius 2 is 1.06 bits per heavy atom. The topological polar surface area (TPSA) is 473 Å². The number of phenols is 2. The number of hydrogen-bond acceptors (Lipinski definition) is 20. The van der Waals surface area contributed by atoms with Crippen molar-refractivity contribution in [3.63, 3.8) is 0 Å². The van der Waals surface area contributed by atoms with Crippen LogP contribution in [0.15, 0.2) is 152 Å². The van der Waals surface area contributed by atoms with Crippen molar-refractivity contribution in [3.05, 3.63) is 203 Å². The summed E-state index contributed by atoms with van der Waals surface area (Å²) in [5.74, 6) is -24.8. The molecule has 13 atom stereocenters. The average Bonchev–Trinajstić information content (AvgIpc) is 1.44. The number of rotatable bonds is 23. The second-order valence-electron chi connectivity index (χ2n) is 37.2. The van der Waals surface area contributed by atoms with E-state index >= 15 is 66.3 Å². The first-order valence-corrected chi connectivity index (χ1v) is 47.5. The maximum absolute atomic E-state index is 15.9. The van der Waals surface area contributed by atoms with Gasteiger partial charge in [0, 0.05) is 133 Å². The van der Waals surface area contributed by atoms with E-state index < -0.39 is 258 Å². The third-order valence-electron chi connectivity index (χ3n) is 25.4. The van der Waals surface area contributed by atoms with Gasteiger partial charge in [0.05, 0.1) is 37.5 Å². The number of ether oxygens (including phenoxy) is 1. The van der Waals surface area contributed by atoms with Gasteiger partial charge in [0.15, 0.2) is 29.0 Å². The first kappa shape index (κ1) is 107. The fourth-order valence-corrected chi connectivity index (χ4v) is 18.5. The smallest absolute Gasteiger partial charge is 0.304 e. The van der Waals surface area contributed by atoms with Crippen molar-refractivity contribution in [1.82, 2.24) is 61.4 Å². The number of nitrogens with zero attached hydrogens (tertiary/aromatic N) is 5. The number of thioether (sulfide) groups is 1. The molecule has 0 bridgehead atoms. The SMILES string of the molecule is CCCC[C@H]1C(=O)N2CCC[C@@H]2C(=O)C[C@@H](CC(=O)O)C(=O)C[C@@H](C(C)(C)C)C(=O)N(C)[C@@H](Cc2ccccc2)C(=O)N[C@@H](Cc2ccc(O)cc2)C(=O)N2CCOC[C@@H]2C(=O)N[C@@H](Cc2c[nH]c3ccccc23)C(=O)N[C@@H](Cc2ccc(O)cc2)C(=O)N[C@@H](CC(C)C)C(=O)N[C@H](C(=O)CCC(N)=O)CSCC(=O)N[C@@H](Cc2cc(F)c(F)c(F)c2)C(=O)N(C)[C@@H](Cc2ccccc2)C(=O)N1C. The monoisotopic (exact) mass is 1930 g/mol. The van der Waals surface area contributed by atoms with E-state index in [9.17, 15) is 38.9 Å². The van der Waals surface area contributed by atoms with Crippen molar-refractivity contribution in [1.29, 1.82) is 0 Å². The molecule has 3 aliphatic rings. The number of H-pyrrole nitrogens is 1. The fraction of sp³-hybridized carbons (Fsp3) is 0.465. The van der Waals surface area contributed by atoms with Gasteiger partial charge in [0.25, 0.3) is 0 Å². The zero-order valence-corrected chi connectivity index (χ0v) is 79.7. The molecule has 37 heteroatoms. The number of morpholine rings is 1. The summed E-state index contributed by atoms with van der Waals surface area (Å²) >= 11 is 0.718. The number of unbranched alkanes of at least 4 members (excludes halogenated alkanes) is 1. The number of aliphatic carboxylic acids is 1. The predicted octanol–water partition coefficient (Wildman–Crippen LogP) is 6.85. The average molecular weight is 1930 g/mol. The number of aromatic nitrogens is 1. The molecule has 740 valence electrons. The van der Waals surface area contributed by atoms with Gasteiger partial charge in [-0.1, -0.05) is 158 Å². The third kappa shape index (κ3) is 29.4. The number of hydrogen-bond donors (Lipinski definition) is 11. The lowest BCUT2D eigenvalue weighted by atomic mass is 9.74. The largest absolute Gasteiger partial charge is 0.508 e. The van der Waals surface area contributed by atoms with E-state index in [4.69, 9.17) is 10.5 Å². The van der Waals surface area contributed by atoms with Crippen molar-refractivity contribution < 1.29 is 110 Å². The molecule has 33 nitrogen and oxygen atoms in total. The van der Waals surface area contributed by atoms with Crippen LogP contribution in [0.2, 0.25) is 0 Å². The Kier molecular flexibility index (Phi) is 38.4. The summed E-state index contributed by atoms with van der Waals surface area (Å²) in [6.07, 6.45) is -3.09. The number of carboxylic acids is 1. The molecule has 7 aromatic rings. The summed E-state index contributed by atoms with van der Waals surface area (Å²) in [4.78, 5) is 250. The number of amides is 12. The van der Waals surface area contributed by atoms with Crippen LogP contribution in [0.5, 0.6) is 11.5 Å². The van der Waals surface area contributed by atoms with Gasteiger partial charge in [-0.05, 0) is 113 Å². The molecular formula is C101H124F3N13O20S. The van der Waals surface area contributed by atoms with Crippen molar-refractivity contribution in [2.75, 3.05) is 59.0 Å². The highest BCUT2D eigenvalue weighted by Gasteiger charge is 2.47. The van der Waals surface area contributed by atoms with Crippen LogP contribution in [0.25, 0.3) is 10.9 Å². The molecule has 1 aromatic heterocycles. The van der Waals surface area contributed by atoms with Crippen LogP contribution in [-0.2, 0) is 120 Å². The van der Waals surface area contributed by atoms with E-state index in [1.165, 1.54) is 79.5 Å². The lowest BCUT2D eigenvalue weighted by molar-refractivity contribution is -0.152. The molecule has 3 saturated heterocycles. The second kappa shape index (κ2) is 49.6. The van der Waals surface area contributed by atoms with Gasteiger partial charge in [-0.15, -0.1) is 11.8 Å². The number of benzene rings is 6. The van der Waals surface area contributed by atoms with Crippen LogP contribution < -0.4 is 37.6 Å². The van der Waals surface area contributed by atoms with Crippen LogP contribution in [0.4, 0.5) is 13.2 Å². The van der Waals surface area contributed by atoms with E-state index in [0.717, 1.165) is 26.5 Å². The van der Waals surface area contributed by atoms with Crippen LogP contribution >= 0.6 is 11.8 Å². The van der Waals surface area contributed by atoms with Crippen molar-refractivity contribution in [3.8, 4) is 11.5 Å². The Bertz CT molecular complexity index is 5510. The van der Waals surface area contributed by atoms with E-state index in [2.05, 4.69) is 36.9 Å². The van der Waals surface area contributed by atoms with E-state index in [1.54, 1.807) is 126 Å². The molecule has 0 aliphatic carbocycles. The second-order valence-corrected chi connectivity index (χ2v) is 38.2. The minimum Gasteiger partial charge on any atom is -0.508 e. The van der Waals surface area contributed by atoms with Gasteiger partial charge in [0.2, 0.25) is 70.9 Å². The van der Waals surface area contributed by atoms with Crippen LogP contribution in [0.1, 0.15) is 146 Å². The molecule has 3 aliphatic heterocycles. The Morgan fingerprint density at radius 1 is 0.536 bits per heavy atom. The number of nitrogens with two attached hydrogens (primary N) is 1. The summed E-state index contributed by atoms with van der Waals surface area (Å²) in [7, 11) is 3.87. The molecule has 10 rings (SSSR count). The summed E-state index contributed by atoms with van der Waals surface area (Å²) in [6, 6.07) is 19.1. The van der Waals surface area contributed by atoms with Crippen LogP contribution in [0.3, 0.4) is 0 Å². The molecule has 12 amide bonds. The zero-order chi connectivity index (χ0) is 101. The number of carbonyl (C=O) groups is 16.